The van der Waals surface area contributed by atoms with Crippen LogP contribution in [0.2, 0.25) is 0 Å². The van der Waals surface area contributed by atoms with Crippen molar-refractivity contribution in [3.8, 4) is 5.75 Å². The Bertz CT molecular complexity index is 1210. The van der Waals surface area contributed by atoms with Gasteiger partial charge in [-0.2, -0.15) is 0 Å². The van der Waals surface area contributed by atoms with Crippen LogP contribution in [-0.2, 0) is 54.2 Å². The third-order valence-corrected chi connectivity index (χ3v) is 5.53. The minimum absolute atomic E-state index is 0.127. The van der Waals surface area contributed by atoms with Crippen LogP contribution in [0, 0.1) is 0 Å². The first-order valence-corrected chi connectivity index (χ1v) is 12.3. The minimum Gasteiger partial charge on any atom is -0.461 e. The molecule has 1 saturated heterocycles. The van der Waals surface area contributed by atoms with Crippen molar-refractivity contribution in [3.05, 3.63) is 65.7 Å². The molecule has 214 valence electrons. The number of esters is 5. The molecule has 0 aliphatic carbocycles. The molecule has 0 bridgehead atoms. The van der Waals surface area contributed by atoms with Crippen LogP contribution in [0.1, 0.15) is 43.6 Å². The van der Waals surface area contributed by atoms with Gasteiger partial charge in [0.15, 0.2) is 12.2 Å². The van der Waals surface area contributed by atoms with E-state index in [4.69, 9.17) is 33.2 Å². The zero-order valence-corrected chi connectivity index (χ0v) is 22.4. The average molecular weight is 559 g/mol. The maximum Gasteiger partial charge on any atom is 0.338 e. The molecule has 5 atom stereocenters. The Morgan fingerprint density at radius 2 is 1.25 bits per heavy atom. The highest BCUT2D eigenvalue weighted by molar-refractivity contribution is 5.89. The normalized spacial score (nSPS) is 21.9. The van der Waals surface area contributed by atoms with E-state index in [1.165, 1.54) is 6.92 Å². The van der Waals surface area contributed by atoms with Crippen molar-refractivity contribution in [2.75, 3.05) is 6.61 Å². The molecule has 5 unspecified atom stereocenters. The highest BCUT2D eigenvalue weighted by Crippen LogP contribution is 2.32. The van der Waals surface area contributed by atoms with Crippen LogP contribution in [0.4, 0.5) is 0 Å². The molecule has 0 aromatic heterocycles. The molecule has 0 amide bonds. The Morgan fingerprint density at radius 1 is 0.675 bits per heavy atom. The maximum absolute atomic E-state index is 12.6. The first-order valence-electron chi connectivity index (χ1n) is 12.3. The van der Waals surface area contributed by atoms with Gasteiger partial charge in [0.1, 0.15) is 25.1 Å². The van der Waals surface area contributed by atoms with Crippen molar-refractivity contribution >= 4 is 29.8 Å². The maximum atomic E-state index is 12.6. The Kier molecular flexibility index (Phi) is 10.6. The van der Waals surface area contributed by atoms with Crippen LogP contribution in [-0.4, -0.2) is 67.2 Å². The molecular weight excluding hydrogens is 528 g/mol. The van der Waals surface area contributed by atoms with Gasteiger partial charge < -0.3 is 33.2 Å². The molecule has 0 spiro atoms. The van der Waals surface area contributed by atoms with Gasteiger partial charge in [0.25, 0.3) is 0 Å². The summed E-state index contributed by atoms with van der Waals surface area (Å²) in [5.41, 5.74) is 0.727. The highest BCUT2D eigenvalue weighted by Gasteiger charge is 2.53. The number of hydrogen-bond donors (Lipinski definition) is 0. The van der Waals surface area contributed by atoms with Gasteiger partial charge in [-0.3, -0.25) is 19.2 Å². The third-order valence-electron chi connectivity index (χ3n) is 5.53. The lowest BCUT2D eigenvalue weighted by Crippen LogP contribution is -2.63. The quantitative estimate of drug-likeness (QED) is 0.311. The topological polar surface area (TPSA) is 150 Å². The molecule has 3 rings (SSSR count). The van der Waals surface area contributed by atoms with Crippen molar-refractivity contribution in [1.29, 1.82) is 0 Å². The van der Waals surface area contributed by atoms with Crippen molar-refractivity contribution in [2.45, 2.75) is 65.0 Å². The summed E-state index contributed by atoms with van der Waals surface area (Å²) in [6.45, 7) is 4.07. The highest BCUT2D eigenvalue weighted by atomic mass is 16.7. The van der Waals surface area contributed by atoms with E-state index in [-0.39, 0.29) is 17.9 Å². The number of para-hydroxylation sites is 1. The average Bonchev–Trinajstić information content (AvgIpc) is 2.90. The molecule has 12 heteroatoms. The lowest BCUT2D eigenvalue weighted by atomic mass is 9.98. The summed E-state index contributed by atoms with van der Waals surface area (Å²) in [6.07, 6.45) is -6.79. The number of ether oxygens (including phenoxy) is 7. The van der Waals surface area contributed by atoms with Gasteiger partial charge in [0, 0.05) is 33.3 Å². The number of hydrogen-bond acceptors (Lipinski definition) is 12. The van der Waals surface area contributed by atoms with Crippen LogP contribution < -0.4 is 4.74 Å². The molecule has 0 radical (unpaired) electrons. The van der Waals surface area contributed by atoms with Crippen LogP contribution in [0.15, 0.2) is 54.6 Å². The zero-order valence-electron chi connectivity index (χ0n) is 22.4. The second-order valence-electron chi connectivity index (χ2n) is 8.74. The first kappa shape index (κ1) is 30.1. The van der Waals surface area contributed by atoms with Gasteiger partial charge in [-0.15, -0.1) is 0 Å². The Labute approximate surface area is 230 Å². The van der Waals surface area contributed by atoms with Gasteiger partial charge in [-0.05, 0) is 18.2 Å². The van der Waals surface area contributed by atoms with Gasteiger partial charge >= 0.3 is 29.8 Å². The fourth-order valence-corrected chi connectivity index (χ4v) is 3.94. The van der Waals surface area contributed by atoms with Crippen molar-refractivity contribution in [3.63, 3.8) is 0 Å². The Balaban J connectivity index is 1.96. The molecule has 2 aromatic rings. The van der Waals surface area contributed by atoms with Crippen LogP contribution in [0.3, 0.4) is 0 Å². The molecular formula is C28H30O12. The van der Waals surface area contributed by atoms with E-state index in [0.29, 0.717) is 5.56 Å². The molecule has 0 N–H and O–H groups in total. The molecule has 1 fully saturated rings. The summed E-state index contributed by atoms with van der Waals surface area (Å²) in [4.78, 5) is 60.1. The largest absolute Gasteiger partial charge is 0.461 e. The molecule has 12 nitrogen and oxygen atoms in total. The summed E-state index contributed by atoms with van der Waals surface area (Å²) < 4.78 is 38.9. The lowest BCUT2D eigenvalue weighted by molar-refractivity contribution is -0.287. The molecule has 0 saturated carbocycles. The standard InChI is InChI=1S/C28H30O12/c1-16(29)34-14-21-12-8-9-13-22(21)39-28-26(38-19(4)32)25(37-18(3)31)24(36-17(2)30)23(40-28)15-35-27(33)20-10-6-5-7-11-20/h5-13,23-26,28H,14-15H2,1-4H3. The first-order chi connectivity index (χ1) is 19.0. The number of benzene rings is 2. The van der Waals surface area contributed by atoms with E-state index >= 15 is 0 Å². The van der Waals surface area contributed by atoms with E-state index in [1.807, 2.05) is 0 Å². The number of carbonyl (C=O) groups is 5. The number of carbonyl (C=O) groups excluding carboxylic acids is 5. The lowest BCUT2D eigenvalue weighted by Gasteiger charge is -2.44. The van der Waals surface area contributed by atoms with Crippen molar-refractivity contribution in [1.82, 2.24) is 0 Å². The molecule has 1 aliphatic rings. The van der Waals surface area contributed by atoms with E-state index in [2.05, 4.69) is 0 Å². The van der Waals surface area contributed by atoms with Crippen LogP contribution in [0.25, 0.3) is 0 Å². The zero-order chi connectivity index (χ0) is 29.2. The van der Waals surface area contributed by atoms with E-state index in [1.54, 1.807) is 54.6 Å². The molecule has 2 aromatic carbocycles. The van der Waals surface area contributed by atoms with Crippen molar-refractivity contribution in [2.24, 2.45) is 0 Å². The predicted octanol–water partition coefficient (Wildman–Crippen LogP) is 2.51. The van der Waals surface area contributed by atoms with E-state index < -0.39 is 67.2 Å². The number of rotatable bonds is 10. The summed E-state index contributed by atoms with van der Waals surface area (Å²) >= 11 is 0. The second kappa shape index (κ2) is 14.1. The fourth-order valence-electron chi connectivity index (χ4n) is 3.94. The second-order valence-corrected chi connectivity index (χ2v) is 8.74. The Hall–Kier alpha value is -4.45. The van der Waals surface area contributed by atoms with Crippen molar-refractivity contribution < 1.29 is 57.1 Å². The van der Waals surface area contributed by atoms with E-state index in [9.17, 15) is 24.0 Å². The monoisotopic (exact) mass is 558 g/mol. The van der Waals surface area contributed by atoms with Gasteiger partial charge in [0.05, 0.1) is 5.56 Å². The summed E-state index contributed by atoms with van der Waals surface area (Å²) in [5, 5.41) is 0. The minimum atomic E-state index is -1.43. The summed E-state index contributed by atoms with van der Waals surface area (Å²) in [7, 11) is 0. The Morgan fingerprint density at radius 3 is 1.88 bits per heavy atom. The summed E-state index contributed by atoms with van der Waals surface area (Å²) in [5.74, 6) is -3.27. The smallest absolute Gasteiger partial charge is 0.338 e. The van der Waals surface area contributed by atoms with E-state index in [0.717, 1.165) is 20.8 Å². The van der Waals surface area contributed by atoms with Gasteiger partial charge in [-0.1, -0.05) is 36.4 Å². The summed E-state index contributed by atoms with van der Waals surface area (Å²) in [6, 6.07) is 14.7. The predicted molar refractivity (Wildman–Crippen MR) is 135 cm³/mol. The molecule has 40 heavy (non-hydrogen) atoms. The molecule has 1 heterocycles. The van der Waals surface area contributed by atoms with Crippen LogP contribution >= 0.6 is 0 Å². The van der Waals surface area contributed by atoms with Crippen LogP contribution in [0.5, 0.6) is 5.75 Å². The third kappa shape index (κ3) is 8.53. The molecule has 1 aliphatic heterocycles. The SMILES string of the molecule is CC(=O)OCc1ccccc1OC1OC(COC(=O)c2ccccc2)C(OC(C)=O)C(OC(C)=O)C1OC(C)=O. The van der Waals surface area contributed by atoms with Gasteiger partial charge in [0.2, 0.25) is 12.4 Å². The fraction of sp³-hybridized carbons (Fsp3) is 0.393. The van der Waals surface area contributed by atoms with Gasteiger partial charge in [-0.25, -0.2) is 4.79 Å².